The van der Waals surface area contributed by atoms with Gasteiger partial charge in [0.25, 0.3) is 0 Å². The Kier molecular flexibility index (Phi) is 4.35. The van der Waals surface area contributed by atoms with E-state index in [4.69, 9.17) is 0 Å². The molecule has 1 rings (SSSR count). The smallest absolute Gasteiger partial charge is 0.0743 e. The van der Waals surface area contributed by atoms with Crippen molar-refractivity contribution in [2.75, 3.05) is 26.7 Å². The maximum absolute atomic E-state index is 9.96. The van der Waals surface area contributed by atoms with Crippen LogP contribution in [0.5, 0.6) is 0 Å². The Morgan fingerprint density at radius 2 is 2.29 bits per heavy atom. The first-order valence-corrected chi connectivity index (χ1v) is 5.68. The van der Waals surface area contributed by atoms with Crippen LogP contribution < -0.4 is 5.32 Å². The van der Waals surface area contributed by atoms with E-state index in [1.807, 2.05) is 13.8 Å². The maximum Gasteiger partial charge on any atom is 0.0743 e. The second-order valence-electron chi connectivity index (χ2n) is 4.77. The molecule has 2 N–H and O–H groups in total. The molecule has 0 spiro atoms. The fraction of sp³-hybridized carbons (Fsp3) is 1.00. The summed E-state index contributed by atoms with van der Waals surface area (Å²) in [6, 6.07) is 0.599. The highest BCUT2D eigenvalue weighted by molar-refractivity contribution is 4.81. The summed E-state index contributed by atoms with van der Waals surface area (Å²) in [5.41, 5.74) is -0.536. The summed E-state index contributed by atoms with van der Waals surface area (Å²) in [4.78, 5) is 2.29. The van der Waals surface area contributed by atoms with Gasteiger partial charge in [-0.2, -0.15) is 0 Å². The Morgan fingerprint density at radius 3 is 2.79 bits per heavy atom. The van der Waals surface area contributed by atoms with Crippen molar-refractivity contribution in [2.45, 2.75) is 44.8 Å². The van der Waals surface area contributed by atoms with E-state index in [9.17, 15) is 5.11 Å². The van der Waals surface area contributed by atoms with Crippen molar-refractivity contribution in [3.63, 3.8) is 0 Å². The van der Waals surface area contributed by atoms with Crippen molar-refractivity contribution in [1.29, 1.82) is 0 Å². The van der Waals surface area contributed by atoms with Crippen LogP contribution in [-0.2, 0) is 0 Å². The van der Waals surface area contributed by atoms with Crippen molar-refractivity contribution in [3.8, 4) is 0 Å². The third-order valence-corrected chi connectivity index (χ3v) is 3.25. The number of aliphatic hydroxyl groups is 1. The third kappa shape index (κ3) is 3.56. The zero-order valence-corrected chi connectivity index (χ0v) is 9.71. The van der Waals surface area contributed by atoms with E-state index in [0.29, 0.717) is 6.04 Å². The van der Waals surface area contributed by atoms with E-state index in [0.717, 1.165) is 26.1 Å². The van der Waals surface area contributed by atoms with E-state index < -0.39 is 5.60 Å². The average Bonchev–Trinajstić information content (AvgIpc) is 2.19. The normalized spacial score (nSPS) is 27.6. The van der Waals surface area contributed by atoms with Crippen molar-refractivity contribution < 1.29 is 5.11 Å². The predicted molar refractivity (Wildman–Crippen MR) is 59.4 cm³/mol. The molecule has 0 aromatic carbocycles. The van der Waals surface area contributed by atoms with Gasteiger partial charge in [-0.15, -0.1) is 0 Å². The molecular formula is C11H24N2O. The molecule has 1 heterocycles. The molecule has 1 aliphatic rings. The lowest BCUT2D eigenvalue weighted by atomic mass is 10.00. The number of nitrogens with zero attached hydrogens (tertiary/aromatic N) is 1. The van der Waals surface area contributed by atoms with E-state index in [1.54, 1.807) is 0 Å². The second kappa shape index (κ2) is 5.10. The summed E-state index contributed by atoms with van der Waals surface area (Å²) in [5.74, 6) is 0. The monoisotopic (exact) mass is 200 g/mol. The van der Waals surface area contributed by atoms with Gasteiger partial charge in [0.1, 0.15) is 0 Å². The van der Waals surface area contributed by atoms with E-state index >= 15 is 0 Å². The molecule has 3 nitrogen and oxygen atoms in total. The summed E-state index contributed by atoms with van der Waals surface area (Å²) in [6.07, 6.45) is 3.32. The van der Waals surface area contributed by atoms with Crippen LogP contribution in [0.15, 0.2) is 0 Å². The second-order valence-corrected chi connectivity index (χ2v) is 4.77. The molecule has 0 saturated carbocycles. The van der Waals surface area contributed by atoms with Crippen LogP contribution in [0.25, 0.3) is 0 Å². The van der Waals surface area contributed by atoms with Crippen LogP contribution in [0.3, 0.4) is 0 Å². The van der Waals surface area contributed by atoms with Gasteiger partial charge in [0.15, 0.2) is 0 Å². The Balaban J connectivity index is 2.36. The molecule has 0 aromatic heterocycles. The molecule has 0 bridgehead atoms. The number of hydrogen-bond acceptors (Lipinski definition) is 3. The highest BCUT2D eigenvalue weighted by atomic mass is 16.3. The zero-order chi connectivity index (χ0) is 10.6. The first kappa shape index (κ1) is 12.0. The zero-order valence-electron chi connectivity index (χ0n) is 9.71. The van der Waals surface area contributed by atoms with E-state index in [-0.39, 0.29) is 0 Å². The molecule has 2 atom stereocenters. The molecule has 14 heavy (non-hydrogen) atoms. The van der Waals surface area contributed by atoms with Gasteiger partial charge in [0.2, 0.25) is 0 Å². The Labute approximate surface area is 87.5 Å². The van der Waals surface area contributed by atoms with E-state index in [1.165, 1.54) is 12.8 Å². The molecule has 1 fully saturated rings. The molecule has 0 aliphatic carbocycles. The molecule has 0 aromatic rings. The standard InChI is InChI=1S/C11H24N2O/c1-4-11(2,14)9-13(3)10-6-5-7-12-8-10/h10,12,14H,4-9H2,1-3H3. The highest BCUT2D eigenvalue weighted by Gasteiger charge is 2.25. The third-order valence-electron chi connectivity index (χ3n) is 3.25. The molecule has 3 heteroatoms. The summed E-state index contributed by atoms with van der Waals surface area (Å²) in [5, 5.41) is 13.4. The maximum atomic E-state index is 9.96. The van der Waals surface area contributed by atoms with Gasteiger partial charge in [-0.05, 0) is 39.8 Å². The van der Waals surface area contributed by atoms with Gasteiger partial charge in [-0.1, -0.05) is 6.92 Å². The van der Waals surface area contributed by atoms with Crippen LogP contribution in [0.4, 0.5) is 0 Å². The van der Waals surface area contributed by atoms with Crippen LogP contribution in [0.1, 0.15) is 33.1 Å². The van der Waals surface area contributed by atoms with Crippen LogP contribution >= 0.6 is 0 Å². The summed E-state index contributed by atoms with van der Waals surface area (Å²) in [7, 11) is 2.11. The van der Waals surface area contributed by atoms with Crippen molar-refractivity contribution in [1.82, 2.24) is 10.2 Å². The lowest BCUT2D eigenvalue weighted by Gasteiger charge is -2.36. The number of nitrogens with one attached hydrogen (secondary N) is 1. The quantitative estimate of drug-likeness (QED) is 0.705. The highest BCUT2D eigenvalue weighted by Crippen LogP contribution is 2.15. The fourth-order valence-corrected chi connectivity index (χ4v) is 1.99. The lowest BCUT2D eigenvalue weighted by Crippen LogP contribution is -2.49. The number of likely N-dealkylation sites (N-methyl/N-ethyl adjacent to an activating group) is 1. The number of piperidine rings is 1. The van der Waals surface area contributed by atoms with Gasteiger partial charge in [-0.3, -0.25) is 4.90 Å². The minimum Gasteiger partial charge on any atom is -0.389 e. The molecular weight excluding hydrogens is 176 g/mol. The molecule has 0 amide bonds. The van der Waals surface area contributed by atoms with Crippen molar-refractivity contribution in [2.24, 2.45) is 0 Å². The van der Waals surface area contributed by atoms with Crippen LogP contribution in [0, 0.1) is 0 Å². The Morgan fingerprint density at radius 1 is 1.57 bits per heavy atom. The van der Waals surface area contributed by atoms with Gasteiger partial charge >= 0.3 is 0 Å². The van der Waals surface area contributed by atoms with Crippen molar-refractivity contribution >= 4 is 0 Å². The Bertz CT molecular complexity index is 165. The van der Waals surface area contributed by atoms with Crippen LogP contribution in [0.2, 0.25) is 0 Å². The number of hydrogen-bond donors (Lipinski definition) is 2. The minimum absolute atomic E-state index is 0.536. The fourth-order valence-electron chi connectivity index (χ4n) is 1.99. The van der Waals surface area contributed by atoms with Crippen molar-refractivity contribution in [3.05, 3.63) is 0 Å². The van der Waals surface area contributed by atoms with Gasteiger partial charge in [-0.25, -0.2) is 0 Å². The first-order chi connectivity index (χ1) is 6.55. The topological polar surface area (TPSA) is 35.5 Å². The van der Waals surface area contributed by atoms with Gasteiger partial charge in [0, 0.05) is 19.1 Å². The minimum atomic E-state index is -0.536. The summed E-state index contributed by atoms with van der Waals surface area (Å²) in [6.45, 7) is 6.94. The summed E-state index contributed by atoms with van der Waals surface area (Å²) < 4.78 is 0. The lowest BCUT2D eigenvalue weighted by molar-refractivity contribution is 0.00912. The van der Waals surface area contributed by atoms with Gasteiger partial charge in [0.05, 0.1) is 5.60 Å². The summed E-state index contributed by atoms with van der Waals surface area (Å²) >= 11 is 0. The SMILES string of the molecule is CCC(C)(O)CN(C)C1CCCNC1. The predicted octanol–water partition coefficient (Wildman–Crippen LogP) is 0.831. The number of rotatable bonds is 4. The Hall–Kier alpha value is -0.120. The van der Waals surface area contributed by atoms with Gasteiger partial charge < -0.3 is 10.4 Å². The average molecular weight is 200 g/mol. The molecule has 1 aliphatic heterocycles. The molecule has 2 unspecified atom stereocenters. The molecule has 0 radical (unpaired) electrons. The van der Waals surface area contributed by atoms with Crippen LogP contribution in [-0.4, -0.2) is 48.3 Å². The largest absolute Gasteiger partial charge is 0.389 e. The molecule has 1 saturated heterocycles. The van der Waals surface area contributed by atoms with E-state index in [2.05, 4.69) is 17.3 Å². The first-order valence-electron chi connectivity index (χ1n) is 5.68. The molecule has 84 valence electrons.